The molecule has 0 saturated heterocycles. The summed E-state index contributed by atoms with van der Waals surface area (Å²) in [6, 6.07) is 0. The zero-order valence-electron chi connectivity index (χ0n) is 10.9. The molecule has 1 fully saturated rings. The highest BCUT2D eigenvalue weighted by Crippen LogP contribution is 2.25. The molecule has 0 radical (unpaired) electrons. The Morgan fingerprint density at radius 1 is 1.29 bits per heavy atom. The normalized spacial score (nSPS) is 20.1. The van der Waals surface area contributed by atoms with Crippen LogP contribution in [0.4, 0.5) is 0 Å². The minimum absolute atomic E-state index is 0.833. The zero-order valence-corrected chi connectivity index (χ0v) is 10.9. The van der Waals surface area contributed by atoms with Crippen molar-refractivity contribution in [2.45, 2.75) is 39.0 Å². The molecule has 1 aliphatic heterocycles. The number of hydrogen-bond donors (Lipinski definition) is 1. The van der Waals surface area contributed by atoms with E-state index in [0.29, 0.717) is 0 Å². The van der Waals surface area contributed by atoms with Crippen LogP contribution >= 0.6 is 0 Å². The van der Waals surface area contributed by atoms with Crippen molar-refractivity contribution in [3.8, 4) is 0 Å². The predicted molar refractivity (Wildman–Crippen MR) is 68.4 cm³/mol. The van der Waals surface area contributed by atoms with Crippen molar-refractivity contribution in [3.05, 3.63) is 12.4 Å². The molecule has 1 N–H and O–H groups in total. The van der Waals surface area contributed by atoms with Gasteiger partial charge in [0.2, 0.25) is 0 Å². The van der Waals surface area contributed by atoms with E-state index in [-0.39, 0.29) is 0 Å². The topological polar surface area (TPSA) is 43.8 Å². The first kappa shape index (κ1) is 13.9. The zero-order chi connectivity index (χ0) is 12.7. The molecule has 4 nitrogen and oxygen atoms in total. The summed E-state index contributed by atoms with van der Waals surface area (Å²) in [7, 11) is 2.14. The Bertz CT molecular complexity index is 256. The lowest BCUT2D eigenvalue weighted by Crippen LogP contribution is -2.28. The number of carboxylic acids is 1. The van der Waals surface area contributed by atoms with Crippen molar-refractivity contribution in [3.63, 3.8) is 0 Å². The van der Waals surface area contributed by atoms with Crippen molar-refractivity contribution < 1.29 is 9.90 Å². The van der Waals surface area contributed by atoms with E-state index in [9.17, 15) is 0 Å². The van der Waals surface area contributed by atoms with Crippen molar-refractivity contribution >= 4 is 5.97 Å². The van der Waals surface area contributed by atoms with E-state index in [2.05, 4.69) is 29.2 Å². The van der Waals surface area contributed by atoms with Gasteiger partial charge in [0.25, 0.3) is 5.97 Å². The fourth-order valence-corrected chi connectivity index (χ4v) is 2.41. The van der Waals surface area contributed by atoms with Gasteiger partial charge >= 0.3 is 0 Å². The highest BCUT2D eigenvalue weighted by atomic mass is 16.4. The van der Waals surface area contributed by atoms with E-state index in [4.69, 9.17) is 9.90 Å². The molecule has 0 aromatic heterocycles. The maximum absolute atomic E-state index is 9.00. The number of carbonyl (C=O) groups is 1. The van der Waals surface area contributed by atoms with Gasteiger partial charge in [-0.2, -0.15) is 0 Å². The minimum Gasteiger partial charge on any atom is -0.481 e. The summed E-state index contributed by atoms with van der Waals surface area (Å²) in [6.07, 6.45) is 11.7. The van der Waals surface area contributed by atoms with Crippen molar-refractivity contribution in [1.29, 1.82) is 0 Å². The van der Waals surface area contributed by atoms with E-state index in [1.54, 1.807) is 0 Å². The Labute approximate surface area is 104 Å². The van der Waals surface area contributed by atoms with Crippen LogP contribution in [0.1, 0.15) is 39.0 Å². The lowest BCUT2D eigenvalue weighted by Gasteiger charge is -2.27. The molecule has 4 heteroatoms. The molecule has 2 aliphatic rings. The van der Waals surface area contributed by atoms with Gasteiger partial charge in [0.1, 0.15) is 0 Å². The van der Waals surface area contributed by atoms with Crippen molar-refractivity contribution in [2.24, 2.45) is 5.92 Å². The van der Waals surface area contributed by atoms with Gasteiger partial charge in [-0.25, -0.2) is 0 Å². The highest BCUT2D eigenvalue weighted by molar-refractivity contribution is 5.62. The third-order valence-corrected chi connectivity index (χ3v) is 3.15. The molecule has 0 aromatic rings. The number of aliphatic carboxylic acids is 1. The lowest BCUT2D eigenvalue weighted by atomic mass is 9.89. The first-order valence-electron chi connectivity index (χ1n) is 6.40. The molecule has 98 valence electrons. The number of hydrogen-bond acceptors (Lipinski definition) is 3. The van der Waals surface area contributed by atoms with Crippen LogP contribution in [0, 0.1) is 5.92 Å². The van der Waals surface area contributed by atoms with Crippen LogP contribution in [0.25, 0.3) is 0 Å². The number of nitrogens with zero attached hydrogens (tertiary/aromatic N) is 2. The fourth-order valence-electron chi connectivity index (χ4n) is 2.41. The summed E-state index contributed by atoms with van der Waals surface area (Å²) in [5, 5.41) is 7.42. The lowest BCUT2D eigenvalue weighted by molar-refractivity contribution is -0.134. The van der Waals surface area contributed by atoms with Gasteiger partial charge in [0.15, 0.2) is 0 Å². The smallest absolute Gasteiger partial charge is 0.300 e. The number of rotatable bonds is 2. The van der Waals surface area contributed by atoms with Gasteiger partial charge < -0.3 is 14.9 Å². The standard InChI is InChI=1S/C11H20N2.C2H4O2/c1-12-7-8-13(10-12)9-11-5-3-2-4-6-11;1-2(3)4/h7-8,11H,2-6,9-10H2,1H3;1H3,(H,3,4). The molecule has 1 heterocycles. The molecule has 1 saturated carbocycles. The van der Waals surface area contributed by atoms with E-state index in [1.807, 2.05) is 0 Å². The second-order valence-corrected chi connectivity index (χ2v) is 4.99. The first-order valence-corrected chi connectivity index (χ1v) is 6.40. The van der Waals surface area contributed by atoms with Crippen LogP contribution in [0.3, 0.4) is 0 Å². The quantitative estimate of drug-likeness (QED) is 0.804. The fraction of sp³-hybridized carbons (Fsp3) is 0.769. The van der Waals surface area contributed by atoms with E-state index in [0.717, 1.165) is 19.5 Å². The molecule has 0 unspecified atom stereocenters. The Morgan fingerprint density at radius 2 is 1.88 bits per heavy atom. The van der Waals surface area contributed by atoms with Gasteiger partial charge in [-0.05, 0) is 18.8 Å². The number of carboxylic acid groups (broad SMARTS) is 1. The molecule has 0 atom stereocenters. The van der Waals surface area contributed by atoms with Crippen LogP contribution < -0.4 is 0 Å². The van der Waals surface area contributed by atoms with Crippen LogP contribution in [0.5, 0.6) is 0 Å². The van der Waals surface area contributed by atoms with Crippen LogP contribution in [0.2, 0.25) is 0 Å². The Kier molecular flexibility index (Phi) is 5.87. The summed E-state index contributed by atoms with van der Waals surface area (Å²) in [5.41, 5.74) is 0. The average molecular weight is 240 g/mol. The maximum atomic E-state index is 9.00. The molecule has 0 bridgehead atoms. The minimum atomic E-state index is -0.833. The van der Waals surface area contributed by atoms with E-state index < -0.39 is 5.97 Å². The second-order valence-electron chi connectivity index (χ2n) is 4.99. The van der Waals surface area contributed by atoms with Crippen molar-refractivity contribution in [1.82, 2.24) is 9.80 Å². The Balaban J connectivity index is 0.000000317. The second kappa shape index (κ2) is 7.20. The summed E-state index contributed by atoms with van der Waals surface area (Å²) < 4.78 is 0. The monoisotopic (exact) mass is 240 g/mol. The van der Waals surface area contributed by atoms with Gasteiger partial charge in [0.05, 0.1) is 6.67 Å². The molecule has 1 aliphatic carbocycles. The molecule has 2 rings (SSSR count). The Hall–Kier alpha value is -1.19. The average Bonchev–Trinajstić information content (AvgIpc) is 2.65. The summed E-state index contributed by atoms with van der Waals surface area (Å²) in [6.45, 7) is 3.46. The Morgan fingerprint density at radius 3 is 2.35 bits per heavy atom. The summed E-state index contributed by atoms with van der Waals surface area (Å²) in [4.78, 5) is 13.7. The van der Waals surface area contributed by atoms with Crippen molar-refractivity contribution in [2.75, 3.05) is 20.3 Å². The van der Waals surface area contributed by atoms with Crippen LogP contribution in [-0.2, 0) is 4.79 Å². The first-order chi connectivity index (χ1) is 8.08. The predicted octanol–water partition coefficient (Wildman–Crippen LogP) is 2.33. The van der Waals surface area contributed by atoms with E-state index in [1.165, 1.54) is 38.6 Å². The summed E-state index contributed by atoms with van der Waals surface area (Å²) in [5.74, 6) is 0.130. The van der Waals surface area contributed by atoms with Gasteiger partial charge in [-0.3, -0.25) is 4.79 Å². The highest BCUT2D eigenvalue weighted by Gasteiger charge is 2.17. The summed E-state index contributed by atoms with van der Waals surface area (Å²) >= 11 is 0. The molecule has 0 aromatic carbocycles. The van der Waals surface area contributed by atoms with E-state index >= 15 is 0 Å². The third-order valence-electron chi connectivity index (χ3n) is 3.15. The molecule has 0 spiro atoms. The largest absolute Gasteiger partial charge is 0.481 e. The van der Waals surface area contributed by atoms with Crippen LogP contribution in [-0.4, -0.2) is 41.1 Å². The molecular weight excluding hydrogens is 216 g/mol. The molecular formula is C13H24N2O2. The molecule has 0 amide bonds. The molecule has 17 heavy (non-hydrogen) atoms. The van der Waals surface area contributed by atoms with Crippen LogP contribution in [0.15, 0.2) is 12.4 Å². The van der Waals surface area contributed by atoms with Gasteiger partial charge in [-0.1, -0.05) is 19.3 Å². The van der Waals surface area contributed by atoms with Gasteiger partial charge in [-0.15, -0.1) is 0 Å². The van der Waals surface area contributed by atoms with Gasteiger partial charge in [0, 0.05) is 32.9 Å². The third kappa shape index (κ3) is 6.19. The SMILES string of the molecule is CC(=O)O.CN1C=CN(CC2CCCCC2)C1. The maximum Gasteiger partial charge on any atom is 0.300 e.